The summed E-state index contributed by atoms with van der Waals surface area (Å²) in [6.07, 6.45) is 9.17. The molecular formula is C71H78Cl5N19O10. The lowest BCUT2D eigenvalue weighted by molar-refractivity contribution is -0.385. The van der Waals surface area contributed by atoms with Crippen molar-refractivity contribution in [2.45, 2.75) is 112 Å². The van der Waals surface area contributed by atoms with Crippen LogP contribution in [0.4, 0.5) is 66.7 Å². The number of fused-ring (bicyclic) bond motifs is 3. The Balaban J connectivity index is 0.000000183. The highest BCUT2D eigenvalue weighted by atomic mass is 35.5. The van der Waals surface area contributed by atoms with Gasteiger partial charge in [0.2, 0.25) is 0 Å². The summed E-state index contributed by atoms with van der Waals surface area (Å²) in [5.74, 6) is 1.01. The lowest BCUT2D eigenvalue weighted by Gasteiger charge is -2.26. The van der Waals surface area contributed by atoms with E-state index < -0.39 is 32.4 Å². The highest BCUT2D eigenvalue weighted by Gasteiger charge is 2.22. The molecule has 1 aliphatic rings. The molecule has 11 aromatic rings. The number of hydrogen-bond donors (Lipinski definition) is 8. The van der Waals surface area contributed by atoms with Crippen LogP contribution in [0, 0.1) is 20.2 Å². The van der Waals surface area contributed by atoms with Gasteiger partial charge in [0, 0.05) is 117 Å². The van der Waals surface area contributed by atoms with Gasteiger partial charge in [0.1, 0.15) is 43.5 Å². The van der Waals surface area contributed by atoms with Crippen molar-refractivity contribution >= 4 is 155 Å². The smallest absolute Gasteiger partial charge is 0.412 e. The van der Waals surface area contributed by atoms with Crippen molar-refractivity contribution in [2.24, 2.45) is 0 Å². The highest BCUT2D eigenvalue weighted by Crippen LogP contribution is 2.28. The number of nitrogens with zero attached hydrogens (tertiary/aromatic N) is 11. The number of halogens is 5. The number of benzene rings is 5. The molecule has 0 spiro atoms. The molecule has 1 fully saturated rings. The molecule has 29 nitrogen and oxygen atoms in total. The van der Waals surface area contributed by atoms with E-state index in [1.807, 2.05) is 91.9 Å². The van der Waals surface area contributed by atoms with E-state index in [-0.39, 0.29) is 35.0 Å². The fraction of sp³-hybridized carbons (Fsp3) is 0.268. The molecule has 105 heavy (non-hydrogen) atoms. The first-order valence-electron chi connectivity index (χ1n) is 32.6. The van der Waals surface area contributed by atoms with Crippen LogP contribution >= 0.6 is 58.0 Å². The molecule has 0 bridgehead atoms. The third-order valence-corrected chi connectivity index (χ3v) is 15.5. The summed E-state index contributed by atoms with van der Waals surface area (Å²) in [6.45, 7) is 19.0. The number of amides is 3. The number of nitro benzene ring substituents is 2. The maximum Gasteiger partial charge on any atom is 0.412 e. The first-order valence-corrected chi connectivity index (χ1v) is 34.5. The molecule has 1 unspecified atom stereocenters. The topological polar surface area (TPSA) is 388 Å². The van der Waals surface area contributed by atoms with Gasteiger partial charge in [-0.25, -0.2) is 29.1 Å². The average Bonchev–Trinajstić information content (AvgIpc) is 1.67. The second-order valence-corrected chi connectivity index (χ2v) is 26.7. The maximum absolute atomic E-state index is 12.5. The van der Waals surface area contributed by atoms with Gasteiger partial charge < -0.3 is 47.5 Å². The second-order valence-electron chi connectivity index (χ2n) is 24.8. The molecule has 6 aromatic heterocycles. The number of carbonyl (C=O) groups is 4. The van der Waals surface area contributed by atoms with Crippen LogP contribution in [0.3, 0.4) is 0 Å². The van der Waals surface area contributed by atoms with Gasteiger partial charge in [-0.15, -0.1) is 0 Å². The van der Waals surface area contributed by atoms with Gasteiger partial charge in [-0.05, 0) is 171 Å². The number of nitrogen functional groups attached to an aromatic ring is 2. The number of rotatable bonds is 14. The van der Waals surface area contributed by atoms with E-state index in [9.17, 15) is 39.4 Å². The van der Waals surface area contributed by atoms with Crippen molar-refractivity contribution < 1.29 is 38.5 Å². The fourth-order valence-electron chi connectivity index (χ4n) is 9.55. The van der Waals surface area contributed by atoms with Gasteiger partial charge in [-0.3, -0.25) is 35.1 Å². The number of non-ortho nitro benzene ring substituents is 2. The zero-order valence-corrected chi connectivity index (χ0v) is 62.4. The number of nitro groups is 2. The van der Waals surface area contributed by atoms with Crippen molar-refractivity contribution in [3.8, 4) is 0 Å². The summed E-state index contributed by atoms with van der Waals surface area (Å²) >= 11 is 29.1. The van der Waals surface area contributed by atoms with Crippen molar-refractivity contribution in [3.05, 3.63) is 227 Å². The third-order valence-electron chi connectivity index (χ3n) is 14.4. The Labute approximate surface area is 629 Å². The summed E-state index contributed by atoms with van der Waals surface area (Å²) in [6, 6.07) is 37.3. The minimum atomic E-state index is -0.620. The molecule has 0 aliphatic carbocycles. The van der Waals surface area contributed by atoms with Crippen molar-refractivity contribution in [2.75, 3.05) is 45.8 Å². The lowest BCUT2D eigenvalue weighted by atomic mass is 10.1. The number of alkyl carbamates (subject to hydrolysis) is 1. The summed E-state index contributed by atoms with van der Waals surface area (Å²) in [5, 5.41) is 52.8. The molecule has 5 aromatic carbocycles. The Bertz CT molecular complexity index is 4790. The number of hydrogen-bond acceptors (Lipinski definition) is 21. The molecule has 0 saturated carbocycles. The third kappa shape index (κ3) is 25.5. The Morgan fingerprint density at radius 2 is 0.962 bits per heavy atom. The summed E-state index contributed by atoms with van der Waals surface area (Å²) in [7, 11) is 0. The Kier molecular flexibility index (Phi) is 29.4. The molecular weight excluding hydrogens is 1460 g/mol. The molecule has 552 valence electrons. The monoisotopic (exact) mass is 1530 g/mol. The molecule has 1 saturated heterocycles. The van der Waals surface area contributed by atoms with Crippen LogP contribution in [-0.4, -0.2) is 107 Å². The summed E-state index contributed by atoms with van der Waals surface area (Å²) in [5.41, 5.74) is 20.2. The number of nitrogens with two attached hydrogens (primary N) is 2. The molecule has 10 N–H and O–H groups in total. The van der Waals surface area contributed by atoms with Crippen LogP contribution in [0.1, 0.15) is 113 Å². The van der Waals surface area contributed by atoms with E-state index in [1.165, 1.54) is 48.5 Å². The lowest BCUT2D eigenvalue weighted by Crippen LogP contribution is -2.47. The number of carbonyl (C=O) groups excluding carboxylic acids is 4. The fourth-order valence-corrected chi connectivity index (χ4v) is 10.5. The Morgan fingerprint density at radius 3 is 1.40 bits per heavy atom. The minimum absolute atomic E-state index is 0.0586. The first kappa shape index (κ1) is 81.3. The summed E-state index contributed by atoms with van der Waals surface area (Å²) in [4.78, 5) is 78.4. The van der Waals surface area contributed by atoms with Gasteiger partial charge in [0.25, 0.3) is 22.5 Å². The zero-order valence-electron chi connectivity index (χ0n) is 58.6. The van der Waals surface area contributed by atoms with E-state index in [4.69, 9.17) is 78.9 Å². The number of piperidine rings is 1. The van der Waals surface area contributed by atoms with Crippen molar-refractivity contribution in [1.82, 2.24) is 54.4 Å². The van der Waals surface area contributed by atoms with Gasteiger partial charge >= 0.3 is 12.2 Å². The van der Waals surface area contributed by atoms with E-state index >= 15 is 0 Å². The van der Waals surface area contributed by atoms with Crippen LogP contribution in [0.25, 0.3) is 16.9 Å². The zero-order chi connectivity index (χ0) is 76.7. The molecule has 1 atom stereocenters. The van der Waals surface area contributed by atoms with Gasteiger partial charge in [-0.2, -0.15) is 24.3 Å². The van der Waals surface area contributed by atoms with Crippen molar-refractivity contribution in [1.29, 1.82) is 0 Å². The predicted molar refractivity (Wildman–Crippen MR) is 411 cm³/mol. The molecule has 3 amide bonds. The standard InChI is InChI=1S/C21H17ClN6O3.C14H14ClN5.C11H16N2O2.C10H20N2O2.C8H7Cl2N3.C7H4ClNO3/c1-2-13-12-23-27-19(11-18(22)26-20(13)27)24-15-4-3-5-16(10-15)25-21(29)14-6-8-17(9-7-14)28(30)31;1-2-9-8-17-20-13(7-12(15)19-14(9)20)18-11-5-3-4-10(16)6-11;1-11(2,3)15-10(14)13-9-6-4-5-8(12)7-9;1-10(2,3)14-9(13)12-8-5-4-6-11-7-8;1-2-5-4-11-13-7(10)3-6(9)12-8(5)13;8-7(10)5-1-3-6(4-2-5)9(11)12/h3-12,24H,2H2,1H3,(H,25,29);3-8,18H,2,16H2,1H3;4-7H,12H2,1-3H3,(H,13,14);8,11H,4-7H2,1-3H3,(H,12,13);3-4H,2H2,1H3;1-4H. The molecule has 34 heteroatoms. The van der Waals surface area contributed by atoms with Crippen LogP contribution in [0.2, 0.25) is 20.6 Å². The van der Waals surface area contributed by atoms with Gasteiger partial charge in [-0.1, -0.05) is 85.4 Å². The van der Waals surface area contributed by atoms with Gasteiger partial charge in [0.15, 0.2) is 16.9 Å². The normalized spacial score (nSPS) is 12.3. The van der Waals surface area contributed by atoms with Crippen LogP contribution < -0.4 is 43.4 Å². The van der Waals surface area contributed by atoms with E-state index in [0.29, 0.717) is 66.1 Å². The van der Waals surface area contributed by atoms with Crippen LogP contribution in [0.15, 0.2) is 158 Å². The summed E-state index contributed by atoms with van der Waals surface area (Å²) < 4.78 is 15.2. The molecule has 12 rings (SSSR count). The first-order chi connectivity index (χ1) is 49.8. The maximum atomic E-state index is 12.5. The molecule has 7 heterocycles. The van der Waals surface area contributed by atoms with Crippen LogP contribution in [-0.2, 0) is 28.7 Å². The quantitative estimate of drug-likeness (QED) is 0.0165. The Morgan fingerprint density at radius 1 is 0.552 bits per heavy atom. The molecule has 0 radical (unpaired) electrons. The minimum Gasteiger partial charge on any atom is -0.444 e. The number of ether oxygens (including phenoxy) is 2. The SMILES string of the molecule is CC(C)(C)OC(=O)NC1CCCNC1.CC(C)(C)OC(=O)Nc1cccc(N)c1.CCc1cnn2c(Cl)cc(Cl)nc12.CCc1cnn2c(Nc3cccc(N)c3)cc(Cl)nc12.CCc1cnn2c(Nc3cccc(NC(=O)c4ccc([N+](=O)[O-])cc4)c3)cc(Cl)nc12.O=C(Cl)c1ccc([N+](=O)[O-])cc1. The number of anilines is 8. The highest BCUT2D eigenvalue weighted by molar-refractivity contribution is 6.67. The van der Waals surface area contributed by atoms with Gasteiger partial charge in [0.05, 0.1) is 28.4 Å². The van der Waals surface area contributed by atoms with E-state index in [0.717, 1.165) is 84.7 Å². The predicted octanol–water partition coefficient (Wildman–Crippen LogP) is 16.6. The average molecular weight is 1530 g/mol. The number of nitrogens with one attached hydrogen (secondary N) is 6. The molecule has 1 aliphatic heterocycles. The number of aryl methyl sites for hydroxylation is 3. The Hall–Kier alpha value is -11.0. The van der Waals surface area contributed by atoms with E-state index in [2.05, 4.69) is 69.1 Å². The van der Waals surface area contributed by atoms with Crippen molar-refractivity contribution in [3.63, 3.8) is 0 Å². The van der Waals surface area contributed by atoms with Crippen LogP contribution in [0.5, 0.6) is 0 Å². The largest absolute Gasteiger partial charge is 0.444 e. The van der Waals surface area contributed by atoms with E-state index in [1.54, 1.807) is 86.6 Å². The number of aromatic nitrogens is 9. The second kappa shape index (κ2) is 38.0.